The van der Waals surface area contributed by atoms with E-state index in [2.05, 4.69) is 4.74 Å². The molecule has 1 aromatic heterocycles. The Hall–Kier alpha value is -2.56. The second-order valence-corrected chi connectivity index (χ2v) is 4.42. The molecule has 21 heavy (non-hydrogen) atoms. The molecule has 114 valence electrons. The van der Waals surface area contributed by atoms with Crippen LogP contribution >= 0.6 is 0 Å². The summed E-state index contributed by atoms with van der Waals surface area (Å²) in [6.07, 6.45) is 0.0958. The second kappa shape index (κ2) is 6.74. The molecule has 0 aliphatic carbocycles. The molecule has 0 saturated heterocycles. The molecule has 0 spiro atoms. The number of nitrogens with zero attached hydrogens (tertiary/aromatic N) is 4. The van der Waals surface area contributed by atoms with E-state index < -0.39 is 17.2 Å². The van der Waals surface area contributed by atoms with Crippen molar-refractivity contribution < 1.29 is 9.53 Å². The molecule has 1 aromatic rings. The van der Waals surface area contributed by atoms with Crippen molar-refractivity contribution in [3.05, 3.63) is 26.4 Å². The van der Waals surface area contributed by atoms with Crippen LogP contribution in [0.5, 0.6) is 0 Å². The van der Waals surface area contributed by atoms with E-state index in [4.69, 9.17) is 0 Å². The number of aromatic nitrogens is 2. The number of rotatable bonds is 5. The predicted octanol–water partition coefficient (Wildman–Crippen LogP) is -0.655. The summed E-state index contributed by atoms with van der Waals surface area (Å²) in [5.41, 5.74) is -1.29. The quantitative estimate of drug-likeness (QED) is 0.669. The molecular weight excluding hydrogens is 276 g/mol. The summed E-state index contributed by atoms with van der Waals surface area (Å²) >= 11 is 0. The van der Waals surface area contributed by atoms with Crippen LogP contribution in [-0.2, 0) is 23.6 Å². The number of carbonyl (C=O) groups excluding carboxylic acids is 1. The number of ether oxygens (including phenoxy) is 1. The van der Waals surface area contributed by atoms with Gasteiger partial charge in [0.15, 0.2) is 5.56 Å². The van der Waals surface area contributed by atoms with E-state index >= 15 is 0 Å². The van der Waals surface area contributed by atoms with Crippen LogP contribution in [0.2, 0.25) is 0 Å². The summed E-state index contributed by atoms with van der Waals surface area (Å²) < 4.78 is 6.69. The van der Waals surface area contributed by atoms with Crippen molar-refractivity contribution in [1.82, 2.24) is 9.13 Å². The van der Waals surface area contributed by atoms with Gasteiger partial charge in [-0.05, 0) is 6.92 Å². The summed E-state index contributed by atoms with van der Waals surface area (Å²) in [4.78, 5) is 36.9. The molecule has 8 nitrogen and oxygen atoms in total. The lowest BCUT2D eigenvalue weighted by Crippen LogP contribution is -2.43. The Kier molecular flexibility index (Phi) is 5.30. The minimum absolute atomic E-state index is 0.0958. The number of esters is 1. The fourth-order valence-corrected chi connectivity index (χ4v) is 2.04. The molecule has 1 rings (SSSR count). The van der Waals surface area contributed by atoms with Crippen LogP contribution in [0.3, 0.4) is 0 Å². The molecule has 0 bridgehead atoms. The van der Waals surface area contributed by atoms with Gasteiger partial charge < -0.3 is 9.64 Å². The maximum Gasteiger partial charge on any atom is 0.332 e. The molecule has 1 heterocycles. The van der Waals surface area contributed by atoms with Crippen LogP contribution in [0.1, 0.15) is 18.9 Å². The third-order valence-electron chi connectivity index (χ3n) is 3.24. The Labute approximate surface area is 121 Å². The zero-order chi connectivity index (χ0) is 16.2. The molecular formula is C13H18N4O4. The van der Waals surface area contributed by atoms with E-state index in [1.807, 2.05) is 6.07 Å². The predicted molar refractivity (Wildman–Crippen MR) is 76.2 cm³/mol. The highest BCUT2D eigenvalue weighted by atomic mass is 16.5. The first-order valence-corrected chi connectivity index (χ1v) is 6.40. The highest BCUT2D eigenvalue weighted by Gasteiger charge is 2.20. The zero-order valence-electron chi connectivity index (χ0n) is 12.5. The topological polar surface area (TPSA) is 97.3 Å². The van der Waals surface area contributed by atoms with Gasteiger partial charge in [0.25, 0.3) is 5.56 Å². The highest BCUT2D eigenvalue weighted by molar-refractivity contribution is 5.70. The largest absolute Gasteiger partial charge is 0.469 e. The van der Waals surface area contributed by atoms with Gasteiger partial charge in [0, 0.05) is 27.2 Å². The van der Waals surface area contributed by atoms with Crippen molar-refractivity contribution in [2.24, 2.45) is 14.1 Å². The monoisotopic (exact) mass is 294 g/mol. The Morgan fingerprint density at radius 3 is 2.43 bits per heavy atom. The van der Waals surface area contributed by atoms with E-state index in [-0.39, 0.29) is 24.3 Å². The number of carbonyl (C=O) groups is 1. The standard InChI is InChI=1S/C13H18N4O4/c1-5-17(7-6-10(18)21-4)11-9(8-14)12(19)16(3)13(20)15(11)2/h5-7H2,1-4H3. The molecule has 0 amide bonds. The third-order valence-corrected chi connectivity index (χ3v) is 3.24. The number of nitriles is 1. The molecule has 8 heteroatoms. The van der Waals surface area contributed by atoms with Crippen LogP contribution < -0.4 is 16.1 Å². The van der Waals surface area contributed by atoms with E-state index in [1.54, 1.807) is 11.8 Å². The van der Waals surface area contributed by atoms with Gasteiger partial charge in [-0.3, -0.25) is 18.7 Å². The van der Waals surface area contributed by atoms with Gasteiger partial charge in [-0.1, -0.05) is 0 Å². The van der Waals surface area contributed by atoms with Gasteiger partial charge in [-0.2, -0.15) is 5.26 Å². The van der Waals surface area contributed by atoms with Crippen molar-refractivity contribution in [2.75, 3.05) is 25.1 Å². The van der Waals surface area contributed by atoms with Crippen LogP contribution in [-0.4, -0.2) is 35.3 Å². The maximum atomic E-state index is 12.0. The summed E-state index contributed by atoms with van der Waals surface area (Å²) in [6.45, 7) is 2.49. The minimum atomic E-state index is -0.646. The molecule has 0 saturated carbocycles. The Balaban J connectivity index is 3.40. The van der Waals surface area contributed by atoms with Gasteiger partial charge in [0.1, 0.15) is 11.9 Å². The SMILES string of the molecule is CCN(CCC(=O)OC)c1c(C#N)c(=O)n(C)c(=O)n1C. The minimum Gasteiger partial charge on any atom is -0.469 e. The molecule has 0 N–H and O–H groups in total. The summed E-state index contributed by atoms with van der Waals surface area (Å²) in [5, 5.41) is 9.21. The van der Waals surface area contributed by atoms with Gasteiger partial charge in [0.05, 0.1) is 13.5 Å². The van der Waals surface area contributed by atoms with Crippen LogP contribution in [0.25, 0.3) is 0 Å². The fourth-order valence-electron chi connectivity index (χ4n) is 2.04. The molecule has 0 fully saturated rings. The van der Waals surface area contributed by atoms with E-state index in [0.29, 0.717) is 6.54 Å². The molecule has 0 radical (unpaired) electrons. The number of anilines is 1. The smallest absolute Gasteiger partial charge is 0.332 e. The summed E-state index contributed by atoms with van der Waals surface area (Å²) in [6, 6.07) is 1.84. The van der Waals surface area contributed by atoms with Crippen molar-refractivity contribution in [1.29, 1.82) is 5.26 Å². The molecule has 0 aromatic carbocycles. The number of hydrogen-bond acceptors (Lipinski definition) is 6. The first-order valence-electron chi connectivity index (χ1n) is 6.40. The summed E-state index contributed by atoms with van der Waals surface area (Å²) in [5.74, 6) is -0.183. The molecule has 0 unspecified atom stereocenters. The van der Waals surface area contributed by atoms with Crippen LogP contribution in [0, 0.1) is 11.3 Å². The van der Waals surface area contributed by atoms with Crippen molar-refractivity contribution in [3.63, 3.8) is 0 Å². The lowest BCUT2D eigenvalue weighted by atomic mass is 10.2. The molecule has 0 aliphatic heterocycles. The maximum absolute atomic E-state index is 12.0. The lowest BCUT2D eigenvalue weighted by Gasteiger charge is -2.25. The van der Waals surface area contributed by atoms with E-state index in [1.165, 1.54) is 25.8 Å². The van der Waals surface area contributed by atoms with E-state index in [9.17, 15) is 19.6 Å². The average molecular weight is 294 g/mol. The molecule has 0 atom stereocenters. The number of hydrogen-bond donors (Lipinski definition) is 0. The van der Waals surface area contributed by atoms with E-state index in [0.717, 1.165) is 4.57 Å². The van der Waals surface area contributed by atoms with Gasteiger partial charge in [-0.15, -0.1) is 0 Å². The average Bonchev–Trinajstić information content (AvgIpc) is 2.50. The van der Waals surface area contributed by atoms with Crippen LogP contribution in [0.15, 0.2) is 9.59 Å². The fraction of sp³-hybridized carbons (Fsp3) is 0.538. The van der Waals surface area contributed by atoms with Crippen LogP contribution in [0.4, 0.5) is 5.82 Å². The van der Waals surface area contributed by atoms with Crippen molar-refractivity contribution in [3.8, 4) is 6.07 Å². The lowest BCUT2D eigenvalue weighted by molar-refractivity contribution is -0.140. The second-order valence-electron chi connectivity index (χ2n) is 4.42. The summed E-state index contributed by atoms with van der Waals surface area (Å²) in [7, 11) is 4.09. The van der Waals surface area contributed by atoms with Crippen molar-refractivity contribution in [2.45, 2.75) is 13.3 Å². The Morgan fingerprint density at radius 2 is 1.95 bits per heavy atom. The number of methoxy groups -OCH3 is 1. The third kappa shape index (κ3) is 3.13. The Morgan fingerprint density at radius 1 is 1.33 bits per heavy atom. The Bertz CT molecular complexity index is 696. The first kappa shape index (κ1) is 16.5. The van der Waals surface area contributed by atoms with Gasteiger partial charge >= 0.3 is 11.7 Å². The zero-order valence-corrected chi connectivity index (χ0v) is 12.5. The molecule has 0 aliphatic rings. The van der Waals surface area contributed by atoms with Crippen molar-refractivity contribution >= 4 is 11.8 Å². The van der Waals surface area contributed by atoms with Gasteiger partial charge in [-0.25, -0.2) is 4.79 Å². The van der Waals surface area contributed by atoms with Gasteiger partial charge in [0.2, 0.25) is 0 Å². The normalized spacial score (nSPS) is 10.0. The first-order chi connectivity index (χ1) is 9.88. The highest BCUT2D eigenvalue weighted by Crippen LogP contribution is 2.14.